The van der Waals surface area contributed by atoms with Crippen molar-refractivity contribution in [3.63, 3.8) is 0 Å². The van der Waals surface area contributed by atoms with Crippen LogP contribution in [0.1, 0.15) is 24.2 Å². The van der Waals surface area contributed by atoms with Gasteiger partial charge in [0.15, 0.2) is 6.04 Å². The lowest BCUT2D eigenvalue weighted by atomic mass is 10.1. The van der Waals surface area contributed by atoms with E-state index in [9.17, 15) is 19.5 Å². The van der Waals surface area contributed by atoms with Crippen molar-refractivity contribution in [2.45, 2.75) is 26.0 Å². The lowest BCUT2D eigenvalue weighted by Crippen LogP contribution is -2.50. The van der Waals surface area contributed by atoms with E-state index in [1.807, 2.05) is 0 Å². The van der Waals surface area contributed by atoms with Crippen LogP contribution in [-0.2, 0) is 19.1 Å². The second-order valence-corrected chi connectivity index (χ2v) is 4.82. The summed E-state index contributed by atoms with van der Waals surface area (Å²) in [6.07, 6.45) is -1.44. The van der Waals surface area contributed by atoms with Crippen LogP contribution in [0.25, 0.3) is 0 Å². The van der Waals surface area contributed by atoms with Crippen LogP contribution in [0.3, 0.4) is 0 Å². The second kappa shape index (κ2) is 9.51. The highest BCUT2D eigenvalue weighted by atomic mass is 16.5. The van der Waals surface area contributed by atoms with E-state index >= 15 is 0 Å². The fraction of sp³-hybridized carbons (Fsp3) is 0.438. The summed E-state index contributed by atoms with van der Waals surface area (Å²) in [5.74, 6) is -1.42. The van der Waals surface area contributed by atoms with Gasteiger partial charge in [0.25, 0.3) is 0 Å². The first-order valence-electron chi connectivity index (χ1n) is 7.32. The molecule has 0 aliphatic carbocycles. The van der Waals surface area contributed by atoms with Crippen molar-refractivity contribution in [1.29, 1.82) is 0 Å². The zero-order chi connectivity index (χ0) is 18.1. The molecule has 0 spiro atoms. The van der Waals surface area contributed by atoms with Gasteiger partial charge in [-0.3, -0.25) is 4.79 Å². The summed E-state index contributed by atoms with van der Waals surface area (Å²) in [5, 5.41) is 12.3. The number of carbonyl (C=O) groups excluding carboxylic acids is 3. The zero-order valence-electron chi connectivity index (χ0n) is 13.8. The summed E-state index contributed by atoms with van der Waals surface area (Å²) < 4.78 is 14.7. The summed E-state index contributed by atoms with van der Waals surface area (Å²) in [5.41, 5.74) is 0.259. The molecule has 0 heterocycles. The molecule has 2 atom stereocenters. The molecule has 0 saturated carbocycles. The van der Waals surface area contributed by atoms with Gasteiger partial charge in [-0.05, 0) is 31.2 Å². The number of esters is 2. The van der Waals surface area contributed by atoms with Crippen LogP contribution in [0.2, 0.25) is 0 Å². The van der Waals surface area contributed by atoms with Crippen molar-refractivity contribution in [2.24, 2.45) is 0 Å². The summed E-state index contributed by atoms with van der Waals surface area (Å²) in [4.78, 5) is 34.8. The fourth-order valence-corrected chi connectivity index (χ4v) is 1.83. The van der Waals surface area contributed by atoms with Crippen LogP contribution in [0.15, 0.2) is 24.3 Å². The first kappa shape index (κ1) is 19.4. The Morgan fingerprint density at radius 2 is 1.79 bits per heavy atom. The molecule has 8 nitrogen and oxygen atoms in total. The molecule has 0 aliphatic rings. The highest BCUT2D eigenvalue weighted by Crippen LogP contribution is 2.12. The maximum Gasteiger partial charge on any atom is 0.338 e. The molecule has 0 bridgehead atoms. The van der Waals surface area contributed by atoms with E-state index in [-0.39, 0.29) is 12.2 Å². The van der Waals surface area contributed by atoms with Gasteiger partial charge in [0.05, 0.1) is 19.3 Å². The van der Waals surface area contributed by atoms with Crippen LogP contribution >= 0.6 is 0 Å². The number of amides is 1. The Morgan fingerprint density at radius 3 is 2.29 bits per heavy atom. The molecule has 0 aliphatic heterocycles. The minimum atomic E-state index is -1.44. The van der Waals surface area contributed by atoms with Gasteiger partial charge in [-0.2, -0.15) is 0 Å². The molecule has 132 valence electrons. The van der Waals surface area contributed by atoms with Crippen molar-refractivity contribution < 1.29 is 33.7 Å². The predicted octanol–water partition coefficient (Wildman–Crippen LogP) is 0.281. The number of aliphatic hydroxyl groups is 1. The van der Waals surface area contributed by atoms with Gasteiger partial charge >= 0.3 is 11.9 Å². The van der Waals surface area contributed by atoms with Crippen molar-refractivity contribution in [1.82, 2.24) is 5.32 Å². The molecule has 8 heteroatoms. The highest BCUT2D eigenvalue weighted by molar-refractivity contribution is 5.89. The van der Waals surface area contributed by atoms with Gasteiger partial charge in [-0.1, -0.05) is 0 Å². The summed E-state index contributed by atoms with van der Waals surface area (Å²) in [6, 6.07) is 4.87. The lowest BCUT2D eigenvalue weighted by Gasteiger charge is -2.21. The summed E-state index contributed by atoms with van der Waals surface area (Å²) in [6.45, 7) is 2.41. The Kier molecular flexibility index (Phi) is 7.70. The van der Waals surface area contributed by atoms with Gasteiger partial charge in [0.1, 0.15) is 18.5 Å². The van der Waals surface area contributed by atoms with Crippen LogP contribution < -0.4 is 10.1 Å². The molecule has 1 rings (SSSR count). The first-order valence-corrected chi connectivity index (χ1v) is 7.32. The van der Waals surface area contributed by atoms with Crippen molar-refractivity contribution in [2.75, 3.05) is 20.3 Å². The normalized spacial score (nSPS) is 12.7. The van der Waals surface area contributed by atoms with E-state index < -0.39 is 36.6 Å². The van der Waals surface area contributed by atoms with Crippen LogP contribution in [0.5, 0.6) is 5.75 Å². The van der Waals surface area contributed by atoms with Crippen molar-refractivity contribution in [3.05, 3.63) is 29.8 Å². The molecule has 2 N–H and O–H groups in total. The van der Waals surface area contributed by atoms with Gasteiger partial charge in [-0.25, -0.2) is 9.59 Å². The Hall–Kier alpha value is -2.61. The Morgan fingerprint density at radius 1 is 1.17 bits per heavy atom. The topological polar surface area (TPSA) is 111 Å². The molecular formula is C16H21NO7. The van der Waals surface area contributed by atoms with Gasteiger partial charge in [-0.15, -0.1) is 0 Å². The van der Waals surface area contributed by atoms with E-state index in [1.54, 1.807) is 19.1 Å². The molecule has 1 aromatic carbocycles. The molecule has 0 fully saturated rings. The Labute approximate surface area is 139 Å². The zero-order valence-corrected chi connectivity index (χ0v) is 13.8. The third-order valence-corrected chi connectivity index (χ3v) is 2.99. The Balaban J connectivity index is 2.65. The van der Waals surface area contributed by atoms with Crippen molar-refractivity contribution in [3.8, 4) is 5.75 Å². The minimum absolute atomic E-state index is 0.0905. The second-order valence-electron chi connectivity index (χ2n) is 4.82. The molecule has 1 amide bonds. The van der Waals surface area contributed by atoms with Crippen LogP contribution in [0, 0.1) is 0 Å². The minimum Gasteiger partial charge on any atom is -0.497 e. The molecule has 24 heavy (non-hydrogen) atoms. The van der Waals surface area contributed by atoms with Gasteiger partial charge in [0.2, 0.25) is 5.91 Å². The third kappa shape index (κ3) is 5.88. The van der Waals surface area contributed by atoms with E-state index in [1.165, 1.54) is 26.2 Å². The number of nitrogens with one attached hydrogen (secondary N) is 1. The number of rotatable bonds is 8. The summed E-state index contributed by atoms with van der Waals surface area (Å²) in [7, 11) is 1.50. The van der Waals surface area contributed by atoms with Gasteiger partial charge < -0.3 is 24.6 Å². The van der Waals surface area contributed by atoms with Gasteiger partial charge in [0, 0.05) is 6.92 Å². The standard InChI is InChI=1S/C16H21NO7/c1-4-23-16(21)14(17-10(2)18)13(19)9-24-15(20)11-5-7-12(22-3)8-6-11/h5-8,13-14,19H,4,9H2,1-3H3,(H,17,18)/t13-,14+/m1/s1. The van der Waals surface area contributed by atoms with Crippen LogP contribution in [-0.4, -0.2) is 55.4 Å². The van der Waals surface area contributed by atoms with Crippen molar-refractivity contribution >= 4 is 17.8 Å². The number of hydrogen-bond donors (Lipinski definition) is 2. The molecule has 0 radical (unpaired) electrons. The first-order chi connectivity index (χ1) is 11.4. The quantitative estimate of drug-likeness (QED) is 0.654. The van der Waals surface area contributed by atoms with E-state index in [0.717, 1.165) is 0 Å². The SMILES string of the molecule is CCOC(=O)[C@@H](NC(C)=O)[C@H](O)COC(=O)c1ccc(OC)cc1. The molecule has 0 saturated heterocycles. The maximum absolute atomic E-state index is 11.9. The largest absolute Gasteiger partial charge is 0.497 e. The van der Waals surface area contributed by atoms with E-state index in [4.69, 9.17) is 14.2 Å². The lowest BCUT2D eigenvalue weighted by molar-refractivity contribution is -0.151. The molecule has 0 aromatic heterocycles. The molecular weight excluding hydrogens is 318 g/mol. The number of methoxy groups -OCH3 is 1. The average molecular weight is 339 g/mol. The maximum atomic E-state index is 11.9. The number of benzene rings is 1. The van der Waals surface area contributed by atoms with E-state index in [0.29, 0.717) is 5.75 Å². The third-order valence-electron chi connectivity index (χ3n) is 2.99. The molecule has 1 aromatic rings. The number of ether oxygens (including phenoxy) is 3. The van der Waals surface area contributed by atoms with E-state index in [2.05, 4.69) is 5.32 Å². The highest BCUT2D eigenvalue weighted by Gasteiger charge is 2.30. The number of aliphatic hydroxyl groups excluding tert-OH is 1. The Bertz CT molecular complexity index is 570. The number of hydrogen-bond acceptors (Lipinski definition) is 7. The van der Waals surface area contributed by atoms with Crippen LogP contribution in [0.4, 0.5) is 0 Å². The fourth-order valence-electron chi connectivity index (χ4n) is 1.83. The molecule has 0 unspecified atom stereocenters. The average Bonchev–Trinajstić information content (AvgIpc) is 2.57. The number of carbonyl (C=O) groups is 3. The predicted molar refractivity (Wildman–Crippen MR) is 83.5 cm³/mol. The summed E-state index contributed by atoms with van der Waals surface area (Å²) >= 11 is 0. The smallest absolute Gasteiger partial charge is 0.338 e. The monoisotopic (exact) mass is 339 g/mol.